The summed E-state index contributed by atoms with van der Waals surface area (Å²) in [6, 6.07) is 0. The van der Waals surface area contributed by atoms with E-state index in [1.807, 2.05) is 6.92 Å². The Hall–Kier alpha value is -1.09. The third kappa shape index (κ3) is 1.48. The summed E-state index contributed by atoms with van der Waals surface area (Å²) in [6.07, 6.45) is 3.79. The molecule has 2 rings (SSSR count). The Morgan fingerprint density at radius 1 is 1.50 bits per heavy atom. The minimum atomic E-state index is 0.762. The molecule has 3 nitrogen and oxygen atoms in total. The van der Waals surface area contributed by atoms with Gasteiger partial charge in [0.25, 0.3) is 0 Å². The minimum absolute atomic E-state index is 0.762. The van der Waals surface area contributed by atoms with Gasteiger partial charge in [0.2, 0.25) is 0 Å². The van der Waals surface area contributed by atoms with E-state index in [0.717, 1.165) is 40.4 Å². The van der Waals surface area contributed by atoms with Gasteiger partial charge in [0.05, 0.1) is 10.4 Å². The molecule has 0 atom stereocenters. The van der Waals surface area contributed by atoms with Crippen molar-refractivity contribution in [1.82, 2.24) is 15.0 Å². The van der Waals surface area contributed by atoms with Crippen LogP contribution < -0.4 is 0 Å². The quantitative estimate of drug-likeness (QED) is 0.827. The molecular formula is C10H12ClN3. The first-order valence-corrected chi connectivity index (χ1v) is 5.10. The largest absolute Gasteiger partial charge is 0.342 e. The summed E-state index contributed by atoms with van der Waals surface area (Å²) >= 11 is 6.18. The zero-order chi connectivity index (χ0) is 10.1. The Morgan fingerprint density at radius 2 is 2.29 bits per heavy atom. The van der Waals surface area contributed by atoms with Crippen molar-refractivity contribution in [3.63, 3.8) is 0 Å². The monoisotopic (exact) mass is 209 g/mol. The molecular weight excluding hydrogens is 198 g/mol. The smallest absolute Gasteiger partial charge is 0.142 e. The fourth-order valence-electron chi connectivity index (χ4n) is 1.51. The average molecular weight is 210 g/mol. The molecule has 0 saturated heterocycles. The van der Waals surface area contributed by atoms with Gasteiger partial charge in [-0.05, 0) is 13.3 Å². The topological polar surface area (TPSA) is 41.6 Å². The molecule has 2 aromatic heterocycles. The van der Waals surface area contributed by atoms with E-state index in [1.165, 1.54) is 0 Å². The SMILES string of the molecule is CCCc1[nH]c2nc(C)ncc2c1Cl. The van der Waals surface area contributed by atoms with Crippen molar-refractivity contribution in [3.8, 4) is 0 Å². The Balaban J connectivity index is 2.61. The summed E-state index contributed by atoms with van der Waals surface area (Å²) in [5, 5.41) is 1.68. The van der Waals surface area contributed by atoms with Crippen molar-refractivity contribution < 1.29 is 0 Å². The van der Waals surface area contributed by atoms with Crippen LogP contribution in [-0.2, 0) is 6.42 Å². The van der Waals surface area contributed by atoms with E-state index in [0.29, 0.717) is 0 Å². The number of hydrogen-bond acceptors (Lipinski definition) is 2. The van der Waals surface area contributed by atoms with Gasteiger partial charge in [-0.3, -0.25) is 0 Å². The molecule has 0 aliphatic heterocycles. The van der Waals surface area contributed by atoms with E-state index in [-0.39, 0.29) is 0 Å². The van der Waals surface area contributed by atoms with Crippen LogP contribution in [0.2, 0.25) is 5.02 Å². The van der Waals surface area contributed by atoms with Gasteiger partial charge in [-0.2, -0.15) is 0 Å². The summed E-state index contributed by atoms with van der Waals surface area (Å²) in [7, 11) is 0. The van der Waals surface area contributed by atoms with Gasteiger partial charge < -0.3 is 4.98 Å². The fraction of sp³-hybridized carbons (Fsp3) is 0.400. The number of aryl methyl sites for hydroxylation is 2. The van der Waals surface area contributed by atoms with Gasteiger partial charge in [-0.25, -0.2) is 9.97 Å². The van der Waals surface area contributed by atoms with Crippen molar-refractivity contribution in [2.75, 3.05) is 0 Å². The van der Waals surface area contributed by atoms with Gasteiger partial charge >= 0.3 is 0 Å². The number of hydrogen-bond donors (Lipinski definition) is 1. The standard InChI is InChI=1S/C10H12ClN3/c1-3-4-8-9(11)7-5-12-6(2)13-10(7)14-8/h5H,3-4H2,1-2H3,(H,12,13,14). The summed E-state index contributed by atoms with van der Waals surface area (Å²) in [5.74, 6) is 0.762. The van der Waals surface area contributed by atoms with Crippen LogP contribution >= 0.6 is 11.6 Å². The lowest BCUT2D eigenvalue weighted by atomic mass is 10.2. The minimum Gasteiger partial charge on any atom is -0.342 e. The number of rotatable bonds is 2. The van der Waals surface area contributed by atoms with Crippen LogP contribution in [-0.4, -0.2) is 15.0 Å². The van der Waals surface area contributed by atoms with E-state index >= 15 is 0 Å². The molecule has 4 heteroatoms. The van der Waals surface area contributed by atoms with Gasteiger partial charge in [0, 0.05) is 11.9 Å². The maximum absolute atomic E-state index is 6.18. The molecule has 2 aromatic rings. The molecule has 1 N–H and O–H groups in total. The highest BCUT2D eigenvalue weighted by Crippen LogP contribution is 2.26. The fourth-order valence-corrected chi connectivity index (χ4v) is 1.79. The van der Waals surface area contributed by atoms with Crippen molar-refractivity contribution in [2.24, 2.45) is 0 Å². The Bertz CT molecular complexity index is 462. The van der Waals surface area contributed by atoms with Crippen molar-refractivity contribution >= 4 is 22.6 Å². The maximum Gasteiger partial charge on any atom is 0.142 e. The number of aromatic nitrogens is 3. The molecule has 74 valence electrons. The molecule has 0 spiro atoms. The van der Waals surface area contributed by atoms with Crippen LogP contribution in [0.4, 0.5) is 0 Å². The van der Waals surface area contributed by atoms with Gasteiger partial charge in [0.15, 0.2) is 0 Å². The van der Waals surface area contributed by atoms with Crippen LogP contribution in [0.5, 0.6) is 0 Å². The van der Waals surface area contributed by atoms with Crippen LogP contribution in [0.1, 0.15) is 24.9 Å². The van der Waals surface area contributed by atoms with Crippen LogP contribution in [0.25, 0.3) is 11.0 Å². The van der Waals surface area contributed by atoms with E-state index in [2.05, 4.69) is 21.9 Å². The number of fused-ring (bicyclic) bond motifs is 1. The van der Waals surface area contributed by atoms with Crippen molar-refractivity contribution in [1.29, 1.82) is 0 Å². The van der Waals surface area contributed by atoms with E-state index in [4.69, 9.17) is 11.6 Å². The highest BCUT2D eigenvalue weighted by molar-refractivity contribution is 6.36. The van der Waals surface area contributed by atoms with E-state index in [9.17, 15) is 0 Å². The number of aromatic amines is 1. The second-order valence-electron chi connectivity index (χ2n) is 3.35. The lowest BCUT2D eigenvalue weighted by molar-refractivity contribution is 0.894. The Labute approximate surface area is 87.5 Å². The normalized spacial score (nSPS) is 11.1. The van der Waals surface area contributed by atoms with Crippen molar-refractivity contribution in [2.45, 2.75) is 26.7 Å². The predicted octanol–water partition coefficient (Wildman–Crippen LogP) is 2.87. The zero-order valence-electron chi connectivity index (χ0n) is 8.26. The molecule has 0 amide bonds. The maximum atomic E-state index is 6.18. The predicted molar refractivity (Wildman–Crippen MR) is 57.6 cm³/mol. The van der Waals surface area contributed by atoms with Gasteiger partial charge in [-0.1, -0.05) is 24.9 Å². The molecule has 0 fully saturated rings. The summed E-state index contributed by atoms with van der Waals surface area (Å²) in [6.45, 7) is 3.99. The van der Waals surface area contributed by atoms with Crippen molar-refractivity contribution in [3.05, 3.63) is 22.7 Å². The Kier molecular flexibility index (Phi) is 2.42. The Morgan fingerprint density at radius 3 is 3.00 bits per heavy atom. The highest BCUT2D eigenvalue weighted by Gasteiger charge is 2.09. The lowest BCUT2D eigenvalue weighted by Crippen LogP contribution is -1.86. The molecule has 0 aliphatic carbocycles. The molecule has 0 bridgehead atoms. The molecule has 0 radical (unpaired) electrons. The van der Waals surface area contributed by atoms with E-state index in [1.54, 1.807) is 6.20 Å². The summed E-state index contributed by atoms with van der Waals surface area (Å²) in [4.78, 5) is 11.6. The third-order valence-corrected chi connectivity index (χ3v) is 2.61. The molecule has 0 aliphatic rings. The van der Waals surface area contributed by atoms with Crippen LogP contribution in [0.3, 0.4) is 0 Å². The second-order valence-corrected chi connectivity index (χ2v) is 3.72. The number of nitrogens with one attached hydrogen (secondary N) is 1. The van der Waals surface area contributed by atoms with Gasteiger partial charge in [-0.15, -0.1) is 0 Å². The van der Waals surface area contributed by atoms with Crippen LogP contribution in [0.15, 0.2) is 6.20 Å². The molecule has 2 heterocycles. The molecule has 0 unspecified atom stereocenters. The van der Waals surface area contributed by atoms with Crippen LogP contribution in [0, 0.1) is 6.92 Å². The highest BCUT2D eigenvalue weighted by atomic mass is 35.5. The molecule has 0 aromatic carbocycles. The van der Waals surface area contributed by atoms with E-state index < -0.39 is 0 Å². The number of halogens is 1. The summed E-state index contributed by atoms with van der Waals surface area (Å²) in [5.41, 5.74) is 1.90. The summed E-state index contributed by atoms with van der Waals surface area (Å²) < 4.78 is 0. The third-order valence-electron chi connectivity index (χ3n) is 2.18. The zero-order valence-corrected chi connectivity index (χ0v) is 9.02. The van der Waals surface area contributed by atoms with Gasteiger partial charge in [0.1, 0.15) is 11.5 Å². The first-order valence-electron chi connectivity index (χ1n) is 4.72. The number of H-pyrrole nitrogens is 1. The molecule has 0 saturated carbocycles. The molecule has 14 heavy (non-hydrogen) atoms. The first kappa shape index (κ1) is 9.46. The number of nitrogens with zero attached hydrogens (tertiary/aromatic N) is 2. The second kappa shape index (κ2) is 3.58. The lowest BCUT2D eigenvalue weighted by Gasteiger charge is -1.92. The first-order chi connectivity index (χ1) is 6.72. The average Bonchev–Trinajstić information content (AvgIpc) is 2.44.